The Hall–Kier alpha value is -1.63. The molecule has 0 unspecified atom stereocenters. The molecule has 2 N–H and O–H groups in total. The van der Waals surface area contributed by atoms with Crippen LogP contribution in [0.4, 0.5) is 10.5 Å². The predicted molar refractivity (Wildman–Crippen MR) is 94.8 cm³/mol. The Kier molecular flexibility index (Phi) is 5.52. The molecule has 0 radical (unpaired) electrons. The van der Waals surface area contributed by atoms with Gasteiger partial charge in [0.15, 0.2) is 0 Å². The molecule has 1 aromatic rings. The Morgan fingerprint density at radius 2 is 1.67 bits per heavy atom. The van der Waals surface area contributed by atoms with Crippen LogP contribution in [0.1, 0.15) is 40.2 Å². The van der Waals surface area contributed by atoms with E-state index in [9.17, 15) is 4.79 Å². The van der Waals surface area contributed by atoms with Gasteiger partial charge in [0, 0.05) is 18.6 Å². The van der Waals surface area contributed by atoms with E-state index in [4.69, 9.17) is 15.3 Å². The number of benzene rings is 1. The molecule has 1 amide bonds. The van der Waals surface area contributed by atoms with Gasteiger partial charge in [0.1, 0.15) is 5.60 Å². The van der Waals surface area contributed by atoms with Crippen molar-refractivity contribution in [2.75, 3.05) is 31.3 Å². The molecule has 1 heterocycles. The zero-order valence-corrected chi connectivity index (χ0v) is 15.3. The number of amides is 1. The molecule has 1 aromatic carbocycles. The third-order valence-corrected chi connectivity index (χ3v) is 4.24. The van der Waals surface area contributed by atoms with E-state index in [2.05, 4.69) is 18.7 Å². The van der Waals surface area contributed by atoms with E-state index in [0.717, 1.165) is 31.3 Å². The summed E-state index contributed by atoms with van der Waals surface area (Å²) in [4.78, 5) is 14.4. The first-order chi connectivity index (χ1) is 11.1. The predicted octanol–water partition coefficient (Wildman–Crippen LogP) is 2.87. The summed E-state index contributed by atoms with van der Waals surface area (Å²) in [6.45, 7) is 13.2. The number of rotatable bonds is 3. The fourth-order valence-corrected chi connectivity index (χ4v) is 2.75. The maximum Gasteiger partial charge on any atom is 0.429 e. The smallest absolute Gasteiger partial charge is 0.429 e. The summed E-state index contributed by atoms with van der Waals surface area (Å²) >= 11 is 0. The minimum atomic E-state index is -0.576. The van der Waals surface area contributed by atoms with Crippen LogP contribution in [-0.4, -0.2) is 42.9 Å². The topological polar surface area (TPSA) is 68.0 Å². The summed E-state index contributed by atoms with van der Waals surface area (Å²) in [6, 6.07) is 7.72. The molecule has 0 atom stereocenters. The molecule has 24 heavy (non-hydrogen) atoms. The molecule has 1 fully saturated rings. The van der Waals surface area contributed by atoms with E-state index in [1.54, 1.807) is 0 Å². The number of morpholine rings is 1. The van der Waals surface area contributed by atoms with E-state index in [1.807, 2.05) is 45.0 Å². The van der Waals surface area contributed by atoms with Gasteiger partial charge in [0.25, 0.3) is 0 Å². The molecule has 2 rings (SSSR count). The van der Waals surface area contributed by atoms with Crippen LogP contribution in [0.2, 0.25) is 0 Å². The summed E-state index contributed by atoms with van der Waals surface area (Å²) in [6.07, 6.45) is -0.567. The number of carbonyl (C=O) groups is 1. The highest BCUT2D eigenvalue weighted by Gasteiger charge is 2.30. The first-order valence-electron chi connectivity index (χ1n) is 8.32. The van der Waals surface area contributed by atoms with E-state index in [-0.39, 0.29) is 5.54 Å². The molecule has 1 saturated heterocycles. The van der Waals surface area contributed by atoms with Crippen LogP contribution in [0.5, 0.6) is 0 Å². The third-order valence-electron chi connectivity index (χ3n) is 4.24. The zero-order valence-electron chi connectivity index (χ0n) is 15.3. The van der Waals surface area contributed by atoms with Crippen molar-refractivity contribution in [2.24, 2.45) is 5.84 Å². The highest BCUT2D eigenvalue weighted by Crippen LogP contribution is 2.30. The lowest BCUT2D eigenvalue weighted by molar-refractivity contribution is -0.0118. The second-order valence-electron chi connectivity index (χ2n) is 7.56. The molecule has 0 saturated carbocycles. The molecule has 1 aliphatic heterocycles. The quantitative estimate of drug-likeness (QED) is 0.523. The fraction of sp³-hybridized carbons (Fsp3) is 0.611. The lowest BCUT2D eigenvalue weighted by atomic mass is 9.91. The van der Waals surface area contributed by atoms with Gasteiger partial charge in [0.05, 0.1) is 18.9 Å². The summed E-state index contributed by atoms with van der Waals surface area (Å²) in [5, 5.41) is 1.04. The first kappa shape index (κ1) is 18.7. The lowest BCUT2D eigenvalue weighted by Crippen LogP contribution is -2.48. The van der Waals surface area contributed by atoms with Crippen molar-refractivity contribution in [3.8, 4) is 0 Å². The maximum atomic E-state index is 12.0. The zero-order chi connectivity index (χ0) is 18.0. The molecule has 6 heteroatoms. The van der Waals surface area contributed by atoms with Crippen molar-refractivity contribution >= 4 is 11.8 Å². The molecular formula is C18H29N3O3. The van der Waals surface area contributed by atoms with E-state index >= 15 is 0 Å². The van der Waals surface area contributed by atoms with Crippen molar-refractivity contribution in [3.05, 3.63) is 29.8 Å². The van der Waals surface area contributed by atoms with Crippen LogP contribution < -0.4 is 10.9 Å². The van der Waals surface area contributed by atoms with Gasteiger partial charge in [-0.05, 0) is 52.3 Å². The molecule has 1 aliphatic rings. The van der Waals surface area contributed by atoms with Crippen molar-refractivity contribution in [1.82, 2.24) is 4.90 Å². The van der Waals surface area contributed by atoms with Crippen molar-refractivity contribution in [3.63, 3.8) is 0 Å². The number of ether oxygens (including phenoxy) is 2. The van der Waals surface area contributed by atoms with E-state index < -0.39 is 11.7 Å². The Morgan fingerprint density at radius 1 is 1.12 bits per heavy atom. The van der Waals surface area contributed by atoms with Crippen molar-refractivity contribution in [2.45, 2.75) is 45.8 Å². The number of nitrogens with two attached hydrogens (primary N) is 1. The fourth-order valence-electron chi connectivity index (χ4n) is 2.75. The number of nitrogens with zero attached hydrogens (tertiary/aromatic N) is 2. The molecule has 6 nitrogen and oxygen atoms in total. The van der Waals surface area contributed by atoms with Crippen LogP contribution in [0.25, 0.3) is 0 Å². The second-order valence-corrected chi connectivity index (χ2v) is 7.56. The Bertz CT molecular complexity index is 558. The molecule has 0 bridgehead atoms. The third kappa shape index (κ3) is 4.47. The summed E-state index contributed by atoms with van der Waals surface area (Å²) in [7, 11) is 0. The average molecular weight is 335 g/mol. The maximum absolute atomic E-state index is 12.0. The minimum absolute atomic E-state index is 0.104. The summed E-state index contributed by atoms with van der Waals surface area (Å²) in [5.41, 5.74) is 1.09. The normalized spacial score (nSPS) is 16.8. The molecule has 0 aromatic heterocycles. The van der Waals surface area contributed by atoms with Crippen LogP contribution in [0.15, 0.2) is 24.3 Å². The van der Waals surface area contributed by atoms with Gasteiger partial charge in [-0.15, -0.1) is 0 Å². The number of hydrogen-bond acceptors (Lipinski definition) is 5. The van der Waals surface area contributed by atoms with Gasteiger partial charge in [-0.25, -0.2) is 15.6 Å². The van der Waals surface area contributed by atoms with Gasteiger partial charge >= 0.3 is 6.09 Å². The second kappa shape index (κ2) is 7.09. The van der Waals surface area contributed by atoms with Crippen molar-refractivity contribution in [1.29, 1.82) is 0 Å². The van der Waals surface area contributed by atoms with Crippen LogP contribution in [0.3, 0.4) is 0 Å². The van der Waals surface area contributed by atoms with Gasteiger partial charge in [-0.1, -0.05) is 12.1 Å². The van der Waals surface area contributed by atoms with E-state index in [0.29, 0.717) is 5.69 Å². The Balaban J connectivity index is 2.10. The monoisotopic (exact) mass is 335 g/mol. The Morgan fingerprint density at radius 3 is 2.17 bits per heavy atom. The average Bonchev–Trinajstić information content (AvgIpc) is 2.53. The SMILES string of the molecule is CC(C)(C)OC(=O)N(N)c1ccc(C(C)(C)N2CCOCC2)cc1. The highest BCUT2D eigenvalue weighted by atomic mass is 16.6. The standard InChI is InChI=1S/C18H29N3O3/c1-17(2,3)24-16(22)21(19)15-8-6-14(7-9-15)18(4,5)20-10-12-23-13-11-20/h6-9H,10-13,19H2,1-5H3. The van der Waals surface area contributed by atoms with Gasteiger partial charge in [-0.2, -0.15) is 0 Å². The highest BCUT2D eigenvalue weighted by molar-refractivity contribution is 5.86. The Labute approximate surface area is 144 Å². The van der Waals surface area contributed by atoms with Crippen LogP contribution in [0, 0.1) is 0 Å². The number of hydrazine groups is 1. The van der Waals surface area contributed by atoms with Gasteiger partial charge in [-0.3, -0.25) is 4.90 Å². The van der Waals surface area contributed by atoms with E-state index in [1.165, 1.54) is 5.56 Å². The van der Waals surface area contributed by atoms with Crippen LogP contribution >= 0.6 is 0 Å². The van der Waals surface area contributed by atoms with Crippen LogP contribution in [-0.2, 0) is 15.0 Å². The lowest BCUT2D eigenvalue weighted by Gasteiger charge is -2.41. The number of hydrogen-bond donors (Lipinski definition) is 1. The largest absolute Gasteiger partial charge is 0.442 e. The first-order valence-corrected chi connectivity index (χ1v) is 8.32. The minimum Gasteiger partial charge on any atom is -0.442 e. The molecule has 0 aliphatic carbocycles. The molecule has 134 valence electrons. The van der Waals surface area contributed by atoms with Gasteiger partial charge < -0.3 is 9.47 Å². The molecule has 0 spiro atoms. The number of carbonyl (C=O) groups excluding carboxylic acids is 1. The summed E-state index contributed by atoms with van der Waals surface area (Å²) in [5.74, 6) is 5.88. The van der Waals surface area contributed by atoms with Gasteiger partial charge in [0.2, 0.25) is 0 Å². The molecular weight excluding hydrogens is 306 g/mol. The summed E-state index contributed by atoms with van der Waals surface area (Å²) < 4.78 is 10.7. The van der Waals surface area contributed by atoms with Crippen molar-refractivity contribution < 1.29 is 14.3 Å². The number of anilines is 1.